The van der Waals surface area contributed by atoms with Crippen LogP contribution < -0.4 is 29.1 Å². The fraction of sp³-hybridized carbons (Fsp3) is 0.463. The molecular weight excluding hydrogens is 1380 g/mol. The molecule has 6 aliphatic heterocycles. The molecule has 524 valence electrons. The van der Waals surface area contributed by atoms with E-state index in [1.165, 1.54) is 12.0 Å². The first-order chi connectivity index (χ1) is 44.5. The number of hydrogen-bond acceptors (Lipinski definition) is 14. The first-order valence-electron chi connectivity index (χ1n) is 31.0. The zero-order valence-corrected chi connectivity index (χ0v) is 59.3. The lowest BCUT2D eigenvalue weighted by molar-refractivity contribution is -0.145. The van der Waals surface area contributed by atoms with E-state index in [1.54, 1.807) is 0 Å². The number of piperazine rings is 1. The van der Waals surface area contributed by atoms with E-state index >= 15 is 0 Å². The molecule has 1 N–H and O–H groups in total. The number of rotatable bonds is 14. The minimum atomic E-state index is -4.84. The maximum absolute atomic E-state index is 13.4. The normalized spacial score (nSPS) is 19.3. The van der Waals surface area contributed by atoms with Crippen molar-refractivity contribution in [2.75, 3.05) is 119 Å². The molecule has 0 unspecified atom stereocenters. The van der Waals surface area contributed by atoms with E-state index in [9.17, 15) is 35.9 Å². The van der Waals surface area contributed by atoms with Gasteiger partial charge in [-0.2, -0.15) is 100 Å². The lowest BCUT2D eigenvalue weighted by atomic mass is 9.96. The van der Waals surface area contributed by atoms with Crippen molar-refractivity contribution in [3.8, 4) is 12.0 Å². The van der Waals surface area contributed by atoms with Gasteiger partial charge in [-0.1, -0.05) is 84.9 Å². The number of carboxylic acids is 1. The van der Waals surface area contributed by atoms with Crippen molar-refractivity contribution < 1.29 is 50.5 Å². The number of ether oxygens (including phenoxy) is 2. The van der Waals surface area contributed by atoms with Crippen LogP contribution in [0.25, 0.3) is 31.2 Å². The summed E-state index contributed by atoms with van der Waals surface area (Å²) < 4.78 is 86.2. The molecule has 12 rings (SSSR count). The summed E-state index contributed by atoms with van der Waals surface area (Å²) in [6.45, 7) is 28.6. The number of halogens is 8. The monoisotopic (exact) mass is 1460 g/mol. The molecule has 4 fully saturated rings. The number of carboxylic acid groups (broad SMARTS) is 1. The summed E-state index contributed by atoms with van der Waals surface area (Å²) in [6, 6.07) is 25.0. The zero-order valence-electron chi connectivity index (χ0n) is 53.8. The third kappa shape index (κ3) is 18.8. The highest BCUT2D eigenvalue weighted by atomic mass is 35.5. The van der Waals surface area contributed by atoms with E-state index in [2.05, 4.69) is 91.8 Å². The Kier molecular flexibility index (Phi) is 28.5. The van der Waals surface area contributed by atoms with Crippen LogP contribution in [0.5, 0.6) is 12.0 Å². The standard InChI is InChI=1S/C33H35ClF3N7O2.C30H35ClN6O.C4H3F3O2.4H2S/c1-21(33(35,36)37)31(45)44-16-15-43(18-24(44)17-38-2)30-25-12-14-42(28-11-5-8-22-7-4-10-26(34)29(22)28)19-27(25)39-32(40-30)46-20-23-9-6-13-41(23)3;1-32-17-21-7-5-15-37(18-21)29-24-13-16-36(27-12-4-9-22-8-3-11-25(31)28(22)27)19-26(24)33-30(34-29)38-20-23-10-6-14-35(23)2;1-2(3(8)9)4(5,6)7;;;;/h4-5,7-8,10-11,23-24H,1,6,9,12-20H2,3H3;3-4,8-9,11-12,21,23H,5-7,10,13-20H2,2H3;1H2,(H,8,9);4*1H2/t23-,24-;21-,23-;;;;;/m00...../s1. The van der Waals surface area contributed by atoms with Crippen molar-refractivity contribution in [1.82, 2.24) is 34.6 Å². The topological polar surface area (TPSA) is 156 Å². The number of nitrogens with zero attached hydrogens (tertiary/aromatic N) is 13. The van der Waals surface area contributed by atoms with Gasteiger partial charge >= 0.3 is 30.3 Å². The van der Waals surface area contributed by atoms with Crippen LogP contribution in [0.4, 0.5) is 49.4 Å². The Morgan fingerprint density at radius 1 is 0.577 bits per heavy atom. The molecule has 4 aromatic carbocycles. The van der Waals surface area contributed by atoms with Gasteiger partial charge in [0.1, 0.15) is 42.0 Å². The summed E-state index contributed by atoms with van der Waals surface area (Å²) >= 11 is 13.4. The average molecular weight is 1460 g/mol. The van der Waals surface area contributed by atoms with E-state index < -0.39 is 41.4 Å². The smallest absolute Gasteiger partial charge is 0.422 e. The quantitative estimate of drug-likeness (QED) is 0.0624. The van der Waals surface area contributed by atoms with Crippen LogP contribution in [0, 0.1) is 19.1 Å². The van der Waals surface area contributed by atoms with Gasteiger partial charge in [0.25, 0.3) is 5.91 Å². The summed E-state index contributed by atoms with van der Waals surface area (Å²) in [4.78, 5) is 63.9. The van der Waals surface area contributed by atoms with E-state index in [4.69, 9.17) is 70.9 Å². The molecule has 8 heterocycles. The van der Waals surface area contributed by atoms with Crippen LogP contribution in [-0.4, -0.2) is 181 Å². The number of likely N-dealkylation sites (tertiary alicyclic amines) is 2. The Balaban J connectivity index is 0.000000265. The number of hydrogen-bond donors (Lipinski definition) is 1. The Morgan fingerprint density at radius 2 is 1.02 bits per heavy atom. The highest BCUT2D eigenvalue weighted by Gasteiger charge is 2.44. The predicted molar refractivity (Wildman–Crippen MR) is 389 cm³/mol. The third-order valence-electron chi connectivity index (χ3n) is 18.3. The molecule has 0 radical (unpaired) electrons. The Labute approximate surface area is 599 Å². The number of piperidine rings is 1. The minimum absolute atomic E-state index is 0. The number of aromatic nitrogens is 4. The maximum atomic E-state index is 13.4. The first kappa shape index (κ1) is 79.2. The van der Waals surface area contributed by atoms with Gasteiger partial charge < -0.3 is 58.6 Å². The second-order valence-electron chi connectivity index (χ2n) is 24.3. The number of benzene rings is 4. The lowest BCUT2D eigenvalue weighted by Gasteiger charge is -2.41. The molecule has 18 nitrogen and oxygen atoms in total. The number of alkyl halides is 6. The maximum Gasteiger partial charge on any atom is 0.422 e. The van der Waals surface area contributed by atoms with Crippen molar-refractivity contribution in [3.05, 3.63) is 152 Å². The van der Waals surface area contributed by atoms with Crippen LogP contribution in [0.1, 0.15) is 61.0 Å². The summed E-state index contributed by atoms with van der Waals surface area (Å²) in [5, 5.41) is 13.4. The van der Waals surface area contributed by atoms with Crippen LogP contribution in [0.15, 0.2) is 97.1 Å². The predicted octanol–water partition coefficient (Wildman–Crippen LogP) is 12.5. The molecule has 0 aliphatic carbocycles. The molecule has 6 aromatic rings. The highest BCUT2D eigenvalue weighted by Crippen LogP contribution is 2.41. The van der Waals surface area contributed by atoms with Gasteiger partial charge in [0.05, 0.1) is 34.5 Å². The van der Waals surface area contributed by atoms with Crippen molar-refractivity contribution in [1.29, 1.82) is 0 Å². The highest BCUT2D eigenvalue weighted by molar-refractivity contribution is 7.59. The average Bonchev–Trinajstić information content (AvgIpc) is 1.14. The number of likely N-dealkylation sites (N-methyl/N-ethyl adjacent to an activating group) is 2. The van der Waals surface area contributed by atoms with Crippen LogP contribution >= 0.6 is 77.2 Å². The molecule has 30 heteroatoms. The number of amides is 1. The molecule has 97 heavy (non-hydrogen) atoms. The molecule has 6 aliphatic rings. The number of aliphatic carboxylic acids is 1. The first-order valence-corrected chi connectivity index (χ1v) is 31.8. The largest absolute Gasteiger partial charge is 0.478 e. The van der Waals surface area contributed by atoms with E-state index in [0.717, 1.165) is 137 Å². The summed E-state index contributed by atoms with van der Waals surface area (Å²) in [5.74, 6) is -1.20. The van der Waals surface area contributed by atoms with Crippen LogP contribution in [0.3, 0.4) is 0 Å². The summed E-state index contributed by atoms with van der Waals surface area (Å²) in [7, 11) is 4.23. The van der Waals surface area contributed by atoms with Crippen molar-refractivity contribution in [2.45, 2.75) is 94.9 Å². The number of carbonyl (C=O) groups is 2. The molecule has 4 saturated heterocycles. The van der Waals surface area contributed by atoms with E-state index in [0.29, 0.717) is 74.6 Å². The SMILES string of the molecule is C=C(C(=O)O)C(F)(F)F.S.S.S.S.[C-]#[N+]C[C@@H]1CCCN(c2nc(OC[C@@H]3CCCN3C)nc3c2CCN(c2cccc4cccc(Cl)c24)C3)C1.[C-]#[N+]C[C@H]1CN(c2nc(OC[C@@H]3CCCN3C)nc3c2CCN(c2cccc4cccc(Cl)c24)C3)CCN1C(=O)C(=C)C(F)(F)F. The molecule has 0 bridgehead atoms. The second-order valence-corrected chi connectivity index (χ2v) is 25.1. The lowest BCUT2D eigenvalue weighted by Crippen LogP contribution is -2.57. The number of anilines is 4. The molecular formula is C67H81Cl2F6N13O5S4. The van der Waals surface area contributed by atoms with Gasteiger partial charge in [0, 0.05) is 97.1 Å². The van der Waals surface area contributed by atoms with Gasteiger partial charge in [-0.15, -0.1) is 0 Å². The van der Waals surface area contributed by atoms with Gasteiger partial charge in [-0.3, -0.25) is 4.79 Å². The van der Waals surface area contributed by atoms with Gasteiger partial charge in [0.15, 0.2) is 0 Å². The van der Waals surface area contributed by atoms with E-state index in [1.807, 2.05) is 47.4 Å². The summed E-state index contributed by atoms with van der Waals surface area (Å²) in [6.07, 6.45) is -1.53. The van der Waals surface area contributed by atoms with Gasteiger partial charge in [0.2, 0.25) is 13.1 Å². The van der Waals surface area contributed by atoms with E-state index in [-0.39, 0.29) is 92.2 Å². The molecule has 1 amide bonds. The van der Waals surface area contributed by atoms with Crippen molar-refractivity contribution in [3.63, 3.8) is 0 Å². The Hall–Kier alpha value is -6.76. The molecule has 4 atom stereocenters. The van der Waals surface area contributed by atoms with Crippen molar-refractivity contribution in [2.24, 2.45) is 5.92 Å². The second kappa shape index (κ2) is 34.8. The minimum Gasteiger partial charge on any atom is -0.478 e. The van der Waals surface area contributed by atoms with Crippen LogP contribution in [-0.2, 0) is 35.5 Å². The molecule has 0 saturated carbocycles. The Bertz CT molecular complexity index is 3860. The number of fused-ring (bicyclic) bond motifs is 4. The van der Waals surface area contributed by atoms with Gasteiger partial charge in [-0.25, -0.2) is 17.9 Å². The number of carbonyl (C=O) groups excluding carboxylic acids is 1. The van der Waals surface area contributed by atoms with Gasteiger partial charge in [-0.05, 0) is 114 Å². The molecule has 0 spiro atoms. The fourth-order valence-corrected chi connectivity index (χ4v) is 13.7. The molecule has 2 aromatic heterocycles. The summed E-state index contributed by atoms with van der Waals surface area (Å²) in [5.41, 5.74) is 2.93. The fourth-order valence-electron chi connectivity index (χ4n) is 13.2. The third-order valence-corrected chi connectivity index (χ3v) is 18.9. The van der Waals surface area contributed by atoms with Crippen molar-refractivity contribution >= 4 is 134 Å². The van der Waals surface area contributed by atoms with Crippen LogP contribution in [0.2, 0.25) is 10.0 Å². The zero-order chi connectivity index (χ0) is 66.3. The Morgan fingerprint density at radius 3 is 1.43 bits per heavy atom.